The number of nitrogens with zero attached hydrogens (tertiary/aromatic N) is 14. The van der Waals surface area contributed by atoms with E-state index in [0.717, 1.165) is 206 Å². The summed E-state index contributed by atoms with van der Waals surface area (Å²) < 4.78 is 52.9. The number of urea groups is 2. The topological polar surface area (TPSA) is 189 Å². The summed E-state index contributed by atoms with van der Waals surface area (Å²) in [6.45, 7) is 16.1. The first kappa shape index (κ1) is 74.9. The summed E-state index contributed by atoms with van der Waals surface area (Å²) in [5.41, 5.74) is 8.44. The number of nitriles is 1. The van der Waals surface area contributed by atoms with Gasteiger partial charge in [0.05, 0.1) is 25.8 Å². The Morgan fingerprint density at radius 3 is 1.48 bits per heavy atom. The highest BCUT2D eigenvalue weighted by atomic mass is 19.1. The van der Waals surface area contributed by atoms with E-state index in [0.29, 0.717) is 62.3 Å². The van der Waals surface area contributed by atoms with Gasteiger partial charge in [0.2, 0.25) is 11.8 Å². The highest BCUT2D eigenvalue weighted by Crippen LogP contribution is 2.53. The van der Waals surface area contributed by atoms with Crippen LogP contribution in [0.15, 0.2) is 116 Å². The molecule has 0 radical (unpaired) electrons. The van der Waals surface area contributed by atoms with E-state index in [1.807, 2.05) is 73.9 Å². The van der Waals surface area contributed by atoms with Crippen LogP contribution in [-0.4, -0.2) is 232 Å². The number of benzene rings is 5. The first-order chi connectivity index (χ1) is 51.1. The molecule has 0 atom stereocenters. The van der Waals surface area contributed by atoms with Crippen LogP contribution < -0.4 is 24.3 Å². The average molecular weight is 1450 g/mol. The molecule has 3 spiro atoms. The average Bonchev–Trinajstić information content (AvgIpc) is 1.59. The van der Waals surface area contributed by atoms with Gasteiger partial charge in [-0.3, -0.25) is 19.4 Å². The SMILES string of the molecule is CCOC(=O)N1CCC(N2CCC3(CC2)CN(C(C)=O)c2c(-c4cccc(F)c4)cccc23)CC1.CN(C)C(=O)N1CC2(CCN(C3CCN(c4nccnc4C#N)CC3)CC2)c2cc(F)ccc21.COc1ccc(CC(=O)N2CCC(N3CCC4(CC3)CN(C(=O)N(C)C)c3ccc(F)cc34)CC2)cc1. The third kappa shape index (κ3) is 15.5. The van der Waals surface area contributed by atoms with Gasteiger partial charge < -0.3 is 53.6 Å². The van der Waals surface area contributed by atoms with Gasteiger partial charge in [-0.25, -0.2) is 37.5 Å². The van der Waals surface area contributed by atoms with E-state index in [2.05, 4.69) is 41.7 Å². The molecule has 0 bridgehead atoms. The standard InChI is InChI=1S/C29H37FN4O3.C28H34FN3O3.C25H30FN7O/c1-31(2)28(36)34-20-29(25-19-22(30)6-9-26(25)34)12-16-32(17-13-29)23-10-14-33(15-11-23)27(35)18-21-4-7-24(37-3)8-5-21;1-3-35-27(34)31-14-10-23(11-15-31)30-16-12-28(13-17-30)19-32(20(2)33)26-24(8-5-9-25(26)28)21-6-4-7-22(29)18-21;1-30(2)24(34)33-17-25(20-15-18(26)3-4-22(20)33)7-13-31(14-8-25)19-5-11-32(12-6-19)23-21(16-27)28-9-10-29-23/h4-9,19,23H,10-18,20H2,1-3H3;4-9,18,23H,3,10-17,19H2,1-2H3;3-4,9-10,15,19H,5-8,11-14,17H2,1-2H3. The molecule has 6 fully saturated rings. The summed E-state index contributed by atoms with van der Waals surface area (Å²) in [6.07, 6.45) is 14.9. The van der Waals surface area contributed by atoms with Crippen molar-refractivity contribution in [2.75, 3.05) is 160 Å². The lowest BCUT2D eigenvalue weighted by atomic mass is 9.73. The number of piperidine rings is 6. The lowest BCUT2D eigenvalue weighted by Crippen LogP contribution is -2.53. The molecule has 7 amide bonds. The summed E-state index contributed by atoms with van der Waals surface area (Å²) >= 11 is 0. The molecule has 10 heterocycles. The minimum Gasteiger partial charge on any atom is -0.497 e. The number of rotatable bonds is 9. The first-order valence-corrected chi connectivity index (χ1v) is 37.9. The summed E-state index contributed by atoms with van der Waals surface area (Å²) in [6, 6.07) is 33.6. The molecule has 106 heavy (non-hydrogen) atoms. The van der Waals surface area contributed by atoms with Gasteiger partial charge in [-0.1, -0.05) is 42.5 Å². The predicted molar refractivity (Wildman–Crippen MR) is 403 cm³/mol. The van der Waals surface area contributed by atoms with Crippen LogP contribution in [0.5, 0.6) is 5.75 Å². The number of carbonyl (C=O) groups is 5. The molecule has 0 N–H and O–H groups in total. The van der Waals surface area contributed by atoms with Crippen molar-refractivity contribution < 1.29 is 46.6 Å². The molecule has 15 rings (SSSR count). The Kier molecular flexibility index (Phi) is 22.6. The van der Waals surface area contributed by atoms with Crippen molar-refractivity contribution in [2.24, 2.45) is 0 Å². The number of halogens is 3. The van der Waals surface area contributed by atoms with Crippen molar-refractivity contribution in [3.05, 3.63) is 161 Å². The Bertz CT molecular complexity index is 4200. The molecular formula is C82H101F3N14O7. The van der Waals surface area contributed by atoms with Crippen molar-refractivity contribution in [1.82, 2.24) is 44.3 Å². The molecule has 9 aliphatic heterocycles. The Morgan fingerprint density at radius 1 is 0.547 bits per heavy atom. The summed E-state index contributed by atoms with van der Waals surface area (Å²) in [5, 5.41) is 9.34. The molecule has 0 aliphatic carbocycles. The second-order valence-electron chi connectivity index (χ2n) is 30.7. The number of carbonyl (C=O) groups excluding carboxylic acids is 5. The van der Waals surface area contributed by atoms with Gasteiger partial charge in [0.1, 0.15) is 29.3 Å². The molecule has 0 saturated carbocycles. The van der Waals surface area contributed by atoms with E-state index < -0.39 is 0 Å². The van der Waals surface area contributed by atoms with Crippen LogP contribution in [0.3, 0.4) is 0 Å². The zero-order valence-corrected chi connectivity index (χ0v) is 62.5. The van der Waals surface area contributed by atoms with Crippen molar-refractivity contribution >= 4 is 52.8 Å². The second kappa shape index (κ2) is 32.0. The fourth-order valence-corrected chi connectivity index (χ4v) is 18.5. The van der Waals surface area contributed by atoms with E-state index in [1.165, 1.54) is 23.8 Å². The number of anilines is 4. The Labute approximate surface area is 621 Å². The third-order valence-corrected chi connectivity index (χ3v) is 24.3. The van der Waals surface area contributed by atoms with Crippen LogP contribution in [0, 0.1) is 28.8 Å². The lowest BCUT2D eigenvalue weighted by molar-refractivity contribution is -0.132. The van der Waals surface area contributed by atoms with E-state index in [1.54, 1.807) is 101 Å². The van der Waals surface area contributed by atoms with E-state index in [4.69, 9.17) is 9.47 Å². The minimum atomic E-state index is -0.274. The highest BCUT2D eigenvalue weighted by molar-refractivity contribution is 6.00. The van der Waals surface area contributed by atoms with Gasteiger partial charge in [-0.05, 0) is 212 Å². The zero-order valence-electron chi connectivity index (χ0n) is 62.5. The number of ether oxygens (including phenoxy) is 2. The smallest absolute Gasteiger partial charge is 0.409 e. The highest BCUT2D eigenvalue weighted by Gasteiger charge is 2.51. The number of para-hydroxylation sites is 1. The molecule has 5 aromatic carbocycles. The van der Waals surface area contributed by atoms with Crippen LogP contribution >= 0.6 is 0 Å². The molecule has 6 saturated heterocycles. The zero-order chi connectivity index (χ0) is 74.6. The van der Waals surface area contributed by atoms with Crippen LogP contribution in [0.4, 0.5) is 50.4 Å². The number of fused-ring (bicyclic) bond motifs is 6. The summed E-state index contributed by atoms with van der Waals surface area (Å²) in [4.78, 5) is 94.2. The first-order valence-electron chi connectivity index (χ1n) is 37.9. The maximum Gasteiger partial charge on any atom is 0.409 e. The number of hydrogen-bond donors (Lipinski definition) is 0. The van der Waals surface area contributed by atoms with E-state index in [9.17, 15) is 42.4 Å². The van der Waals surface area contributed by atoms with Crippen LogP contribution in [0.2, 0.25) is 0 Å². The van der Waals surface area contributed by atoms with E-state index >= 15 is 0 Å². The van der Waals surface area contributed by atoms with Crippen molar-refractivity contribution in [3.8, 4) is 22.9 Å². The van der Waals surface area contributed by atoms with Crippen molar-refractivity contribution in [2.45, 2.75) is 132 Å². The van der Waals surface area contributed by atoms with E-state index in [-0.39, 0.29) is 63.7 Å². The molecule has 1 aromatic heterocycles. The molecule has 24 heteroatoms. The fourth-order valence-electron chi connectivity index (χ4n) is 18.5. The van der Waals surface area contributed by atoms with Gasteiger partial charge in [-0.15, -0.1) is 0 Å². The summed E-state index contributed by atoms with van der Waals surface area (Å²) in [7, 11) is 8.67. The number of amides is 7. The number of aromatic nitrogens is 2. The van der Waals surface area contributed by atoms with Crippen LogP contribution in [0.1, 0.15) is 119 Å². The second-order valence-corrected chi connectivity index (χ2v) is 30.7. The monoisotopic (exact) mass is 1450 g/mol. The van der Waals surface area contributed by atoms with Crippen LogP contribution in [0.25, 0.3) is 11.1 Å². The Balaban J connectivity index is 0.000000141. The molecule has 0 unspecified atom stereocenters. The summed E-state index contributed by atoms with van der Waals surface area (Å²) in [5.74, 6) is 0.917. The van der Waals surface area contributed by atoms with Crippen molar-refractivity contribution in [3.63, 3.8) is 0 Å². The van der Waals surface area contributed by atoms with Gasteiger partial charge in [0, 0.05) is 158 Å². The van der Waals surface area contributed by atoms with Crippen molar-refractivity contribution in [1.29, 1.82) is 5.26 Å². The fraction of sp³-hybridized carbons (Fsp3) is 0.512. The lowest BCUT2D eigenvalue weighted by Gasteiger charge is -2.45. The van der Waals surface area contributed by atoms with Gasteiger partial charge >= 0.3 is 18.2 Å². The number of likely N-dealkylation sites (tertiary alicyclic amines) is 5. The Morgan fingerprint density at radius 2 is 1.01 bits per heavy atom. The molecule has 21 nitrogen and oxygen atoms in total. The molecule has 6 aromatic rings. The Hall–Kier alpha value is -9.31. The van der Waals surface area contributed by atoms with Gasteiger partial charge in [0.25, 0.3) is 0 Å². The molecular weight excluding hydrogens is 1350 g/mol. The predicted octanol–water partition coefficient (Wildman–Crippen LogP) is 11.7. The maximum absolute atomic E-state index is 14.3. The van der Waals surface area contributed by atoms with Gasteiger partial charge in [-0.2, -0.15) is 5.26 Å². The van der Waals surface area contributed by atoms with Crippen LogP contribution in [-0.2, 0) is 37.0 Å². The molecule has 9 aliphatic rings. The number of hydrogen-bond acceptors (Lipinski definition) is 14. The maximum atomic E-state index is 14.3. The normalized spacial score (nSPS) is 20.0. The largest absolute Gasteiger partial charge is 0.497 e. The number of methoxy groups -OCH3 is 1. The quantitative estimate of drug-likeness (QED) is 0.133. The minimum absolute atomic E-state index is 0.0285. The molecule has 562 valence electrons. The van der Waals surface area contributed by atoms with Gasteiger partial charge in [0.15, 0.2) is 11.5 Å². The third-order valence-electron chi connectivity index (χ3n) is 24.3.